The number of rotatable bonds is 5. The fourth-order valence-corrected chi connectivity index (χ4v) is 2.99. The van der Waals surface area contributed by atoms with Gasteiger partial charge < -0.3 is 19.2 Å². The normalized spacial score (nSPS) is 11.3. The second kappa shape index (κ2) is 8.39. The van der Waals surface area contributed by atoms with Crippen LogP contribution in [0, 0.1) is 0 Å². The molecule has 0 radical (unpaired) electrons. The van der Waals surface area contributed by atoms with Crippen molar-refractivity contribution in [2.45, 2.75) is 39.3 Å². The first-order valence-corrected chi connectivity index (χ1v) is 9.38. The van der Waals surface area contributed by atoms with Crippen LogP contribution in [-0.2, 0) is 27.2 Å². The second-order valence-corrected chi connectivity index (χ2v) is 7.79. The highest BCUT2D eigenvalue weighted by Crippen LogP contribution is 2.31. The molecule has 0 aliphatic carbocycles. The van der Waals surface area contributed by atoms with Crippen molar-refractivity contribution in [1.82, 2.24) is 5.32 Å². The van der Waals surface area contributed by atoms with Gasteiger partial charge in [0.25, 0.3) is 0 Å². The molecule has 0 unspecified atom stereocenters. The fourth-order valence-electron chi connectivity index (χ4n) is 2.99. The van der Waals surface area contributed by atoms with Crippen LogP contribution in [0.3, 0.4) is 0 Å². The Bertz CT molecular complexity index is 1010. The summed E-state index contributed by atoms with van der Waals surface area (Å²) in [5, 5.41) is 3.67. The van der Waals surface area contributed by atoms with Crippen LogP contribution < -0.4 is 5.32 Å². The molecule has 0 spiro atoms. The topological polar surface area (TPSA) is 77.8 Å². The van der Waals surface area contributed by atoms with E-state index in [0.29, 0.717) is 6.54 Å². The van der Waals surface area contributed by atoms with Gasteiger partial charge in [0.05, 0.1) is 19.8 Å². The highest BCUT2D eigenvalue weighted by Gasteiger charge is 2.16. The zero-order valence-corrected chi connectivity index (χ0v) is 17.1. The van der Waals surface area contributed by atoms with E-state index >= 15 is 0 Å². The molecule has 0 aliphatic heterocycles. The standard InChI is InChI=1S/C23H25NO5/c1-23(2,3)29-22(26)24-14-15-5-7-17(8-6-15)19-12-16(13-20(25)27-4)11-18-9-10-28-21(18)19/h5-12H,13-14H2,1-4H3,(H,24,26). The Morgan fingerprint density at radius 3 is 2.41 bits per heavy atom. The van der Waals surface area contributed by atoms with E-state index in [1.807, 2.05) is 63.2 Å². The van der Waals surface area contributed by atoms with E-state index in [-0.39, 0.29) is 12.4 Å². The minimum Gasteiger partial charge on any atom is -0.469 e. The maximum Gasteiger partial charge on any atom is 0.407 e. The van der Waals surface area contributed by atoms with Gasteiger partial charge in [0.2, 0.25) is 0 Å². The van der Waals surface area contributed by atoms with E-state index in [4.69, 9.17) is 13.9 Å². The van der Waals surface area contributed by atoms with Crippen molar-refractivity contribution >= 4 is 23.0 Å². The molecule has 1 aromatic heterocycles. The van der Waals surface area contributed by atoms with Gasteiger partial charge in [-0.25, -0.2) is 4.79 Å². The van der Waals surface area contributed by atoms with Crippen LogP contribution in [0.1, 0.15) is 31.9 Å². The highest BCUT2D eigenvalue weighted by molar-refractivity contribution is 5.94. The molecule has 1 heterocycles. The lowest BCUT2D eigenvalue weighted by Crippen LogP contribution is -2.32. The van der Waals surface area contributed by atoms with E-state index < -0.39 is 11.7 Å². The summed E-state index contributed by atoms with van der Waals surface area (Å²) in [7, 11) is 1.38. The number of nitrogens with one attached hydrogen (secondary N) is 1. The van der Waals surface area contributed by atoms with E-state index in [9.17, 15) is 9.59 Å². The average molecular weight is 395 g/mol. The number of carbonyl (C=O) groups excluding carboxylic acids is 2. The Morgan fingerprint density at radius 2 is 1.76 bits per heavy atom. The molecule has 0 saturated heterocycles. The van der Waals surface area contributed by atoms with Crippen LogP contribution in [-0.4, -0.2) is 24.8 Å². The number of ether oxygens (including phenoxy) is 2. The smallest absolute Gasteiger partial charge is 0.407 e. The number of hydrogen-bond donors (Lipinski definition) is 1. The molecule has 0 atom stereocenters. The summed E-state index contributed by atoms with van der Waals surface area (Å²) >= 11 is 0. The van der Waals surface area contributed by atoms with E-state index in [1.165, 1.54) is 7.11 Å². The maximum atomic E-state index is 11.8. The van der Waals surface area contributed by atoms with Gasteiger partial charge in [-0.1, -0.05) is 24.3 Å². The average Bonchev–Trinajstić information content (AvgIpc) is 3.13. The molecule has 3 aromatic rings. The number of esters is 1. The molecule has 2 aromatic carbocycles. The summed E-state index contributed by atoms with van der Waals surface area (Å²) in [6.45, 7) is 5.84. The predicted octanol–water partition coefficient (Wildman–Crippen LogP) is 4.84. The molecular weight excluding hydrogens is 370 g/mol. The van der Waals surface area contributed by atoms with Crippen molar-refractivity contribution in [1.29, 1.82) is 0 Å². The summed E-state index contributed by atoms with van der Waals surface area (Å²) < 4.78 is 15.7. The minimum atomic E-state index is -0.530. The largest absolute Gasteiger partial charge is 0.469 e. The molecule has 29 heavy (non-hydrogen) atoms. The minimum absolute atomic E-state index is 0.197. The molecule has 0 fully saturated rings. The lowest BCUT2D eigenvalue weighted by Gasteiger charge is -2.19. The second-order valence-electron chi connectivity index (χ2n) is 7.79. The molecule has 0 saturated carbocycles. The van der Waals surface area contributed by atoms with E-state index in [0.717, 1.165) is 33.2 Å². The van der Waals surface area contributed by atoms with Crippen LogP contribution in [0.4, 0.5) is 4.79 Å². The highest BCUT2D eigenvalue weighted by atomic mass is 16.6. The third-order valence-corrected chi connectivity index (χ3v) is 4.29. The first-order chi connectivity index (χ1) is 13.7. The molecule has 0 bridgehead atoms. The van der Waals surface area contributed by atoms with Gasteiger partial charge in [0, 0.05) is 17.5 Å². The number of hydrogen-bond acceptors (Lipinski definition) is 5. The zero-order chi connectivity index (χ0) is 21.0. The summed E-state index contributed by atoms with van der Waals surface area (Å²) in [6, 6.07) is 13.5. The molecule has 6 heteroatoms. The van der Waals surface area contributed by atoms with Crippen molar-refractivity contribution in [3.05, 3.63) is 59.9 Å². The fraction of sp³-hybridized carbons (Fsp3) is 0.304. The van der Waals surface area contributed by atoms with Gasteiger partial charge in [0.15, 0.2) is 0 Å². The molecule has 1 amide bonds. The van der Waals surface area contributed by atoms with Crippen molar-refractivity contribution in [2.24, 2.45) is 0 Å². The number of benzene rings is 2. The number of methoxy groups -OCH3 is 1. The lowest BCUT2D eigenvalue weighted by molar-refractivity contribution is -0.139. The van der Waals surface area contributed by atoms with Crippen LogP contribution in [0.5, 0.6) is 0 Å². The van der Waals surface area contributed by atoms with E-state index in [1.54, 1.807) is 6.26 Å². The SMILES string of the molecule is COC(=O)Cc1cc(-c2ccc(CNC(=O)OC(C)(C)C)cc2)c2occc2c1. The van der Waals surface area contributed by atoms with Crippen molar-refractivity contribution in [3.8, 4) is 11.1 Å². The Labute approximate surface area is 169 Å². The molecule has 1 N–H and O–H groups in total. The number of alkyl carbamates (subject to hydrolysis) is 1. The van der Waals surface area contributed by atoms with Crippen LogP contribution >= 0.6 is 0 Å². The Kier molecular flexibility index (Phi) is 5.92. The van der Waals surface area contributed by atoms with Gasteiger partial charge in [-0.15, -0.1) is 0 Å². The maximum absolute atomic E-state index is 11.8. The van der Waals surface area contributed by atoms with Crippen LogP contribution in [0.2, 0.25) is 0 Å². The van der Waals surface area contributed by atoms with Crippen molar-refractivity contribution in [2.75, 3.05) is 7.11 Å². The number of amides is 1. The third-order valence-electron chi connectivity index (χ3n) is 4.29. The Hall–Kier alpha value is -3.28. The van der Waals surface area contributed by atoms with E-state index in [2.05, 4.69) is 5.32 Å². The first-order valence-electron chi connectivity index (χ1n) is 9.38. The summed E-state index contributed by atoms with van der Waals surface area (Å²) in [4.78, 5) is 23.5. The Balaban J connectivity index is 1.79. The summed E-state index contributed by atoms with van der Waals surface area (Å²) in [5.41, 5.74) is 3.89. The first kappa shape index (κ1) is 20.5. The number of carbonyl (C=O) groups is 2. The van der Waals surface area contributed by atoms with Gasteiger partial charge in [-0.05, 0) is 55.7 Å². The van der Waals surface area contributed by atoms with Crippen molar-refractivity contribution < 1.29 is 23.5 Å². The lowest BCUT2D eigenvalue weighted by atomic mass is 9.98. The van der Waals surface area contributed by atoms with Gasteiger partial charge in [-0.3, -0.25) is 4.79 Å². The van der Waals surface area contributed by atoms with Crippen LogP contribution in [0.25, 0.3) is 22.1 Å². The zero-order valence-electron chi connectivity index (χ0n) is 17.1. The predicted molar refractivity (Wildman–Crippen MR) is 110 cm³/mol. The summed E-state index contributed by atoms with van der Waals surface area (Å²) in [6.07, 6.45) is 1.38. The molecule has 152 valence electrons. The number of fused-ring (bicyclic) bond motifs is 1. The van der Waals surface area contributed by atoms with Gasteiger partial charge >= 0.3 is 12.1 Å². The quantitative estimate of drug-likeness (QED) is 0.626. The van der Waals surface area contributed by atoms with Gasteiger partial charge in [-0.2, -0.15) is 0 Å². The molecule has 6 nitrogen and oxygen atoms in total. The van der Waals surface area contributed by atoms with Crippen molar-refractivity contribution in [3.63, 3.8) is 0 Å². The monoisotopic (exact) mass is 395 g/mol. The molecule has 3 rings (SSSR count). The number of furan rings is 1. The molecule has 0 aliphatic rings. The van der Waals surface area contributed by atoms with Crippen LogP contribution in [0.15, 0.2) is 53.1 Å². The third kappa shape index (κ3) is 5.38. The van der Waals surface area contributed by atoms with Gasteiger partial charge in [0.1, 0.15) is 11.2 Å². The molecular formula is C23H25NO5. The Morgan fingerprint density at radius 1 is 1.03 bits per heavy atom. The summed E-state index contributed by atoms with van der Waals surface area (Å²) in [5.74, 6) is -0.289.